The predicted molar refractivity (Wildman–Crippen MR) is 87.8 cm³/mol. The summed E-state index contributed by atoms with van der Waals surface area (Å²) >= 11 is 1.36. The van der Waals surface area contributed by atoms with Crippen molar-refractivity contribution in [2.75, 3.05) is 6.54 Å². The molecule has 6 heteroatoms. The largest absolute Gasteiger partial charge is 0.451 e. The molecule has 0 unspecified atom stereocenters. The highest BCUT2D eigenvalue weighted by molar-refractivity contribution is 8.00. The highest BCUT2D eigenvalue weighted by atomic mass is 32.2. The predicted octanol–water partition coefficient (Wildman–Crippen LogP) is 3.16. The van der Waals surface area contributed by atoms with Crippen molar-refractivity contribution in [1.82, 2.24) is 15.3 Å². The maximum Gasteiger partial charge on any atom is 0.233 e. The molecule has 2 aromatic heterocycles. The molecular weight excluding hydrogens is 298 g/mol. The van der Waals surface area contributed by atoms with Gasteiger partial charge >= 0.3 is 0 Å². The Hall–Kier alpha value is -2.34. The van der Waals surface area contributed by atoms with Crippen LogP contribution in [0.25, 0.3) is 22.1 Å². The van der Waals surface area contributed by atoms with E-state index in [-0.39, 0.29) is 11.2 Å². The van der Waals surface area contributed by atoms with E-state index in [4.69, 9.17) is 4.42 Å². The summed E-state index contributed by atoms with van der Waals surface area (Å²) < 4.78 is 5.85. The van der Waals surface area contributed by atoms with Crippen LogP contribution in [0.5, 0.6) is 0 Å². The van der Waals surface area contributed by atoms with Crippen molar-refractivity contribution in [1.29, 1.82) is 0 Å². The lowest BCUT2D eigenvalue weighted by Gasteiger charge is -2.10. The van der Waals surface area contributed by atoms with Gasteiger partial charge in [0.2, 0.25) is 5.91 Å². The molecule has 22 heavy (non-hydrogen) atoms. The van der Waals surface area contributed by atoms with E-state index >= 15 is 0 Å². The Morgan fingerprint density at radius 3 is 3.09 bits per heavy atom. The van der Waals surface area contributed by atoms with E-state index in [1.807, 2.05) is 31.2 Å². The summed E-state index contributed by atoms with van der Waals surface area (Å²) in [6.45, 7) is 5.87. The monoisotopic (exact) mass is 313 g/mol. The SMILES string of the molecule is C=CCNC(=O)[C@H](C)Sc1ncnc2c1oc1ccccc12. The summed E-state index contributed by atoms with van der Waals surface area (Å²) in [6, 6.07) is 7.71. The first-order valence-corrected chi connectivity index (χ1v) is 7.76. The fraction of sp³-hybridized carbons (Fsp3) is 0.188. The summed E-state index contributed by atoms with van der Waals surface area (Å²) in [5, 5.41) is 4.11. The van der Waals surface area contributed by atoms with Crippen molar-refractivity contribution < 1.29 is 9.21 Å². The van der Waals surface area contributed by atoms with Gasteiger partial charge in [-0.2, -0.15) is 0 Å². The standard InChI is InChI=1S/C16H15N3O2S/c1-3-8-17-15(20)10(2)22-16-14-13(18-9-19-16)11-6-4-5-7-12(11)21-14/h3-7,9-10H,1,8H2,2H3,(H,17,20)/t10-/m0/s1. The minimum atomic E-state index is -0.286. The number of nitrogens with one attached hydrogen (secondary N) is 1. The summed E-state index contributed by atoms with van der Waals surface area (Å²) in [6.07, 6.45) is 3.15. The maximum absolute atomic E-state index is 12.0. The van der Waals surface area contributed by atoms with Crippen LogP contribution in [0.4, 0.5) is 0 Å². The molecule has 1 aromatic carbocycles. The third-order valence-corrected chi connectivity index (χ3v) is 4.29. The van der Waals surface area contributed by atoms with E-state index in [9.17, 15) is 4.79 Å². The minimum Gasteiger partial charge on any atom is -0.451 e. The molecule has 0 saturated carbocycles. The first-order valence-electron chi connectivity index (χ1n) is 6.88. The summed E-state index contributed by atoms with van der Waals surface area (Å²) in [7, 11) is 0. The third kappa shape index (κ3) is 2.69. The Labute approximate surface area is 131 Å². The number of fused-ring (bicyclic) bond motifs is 3. The molecule has 3 rings (SSSR count). The molecular formula is C16H15N3O2S. The quantitative estimate of drug-likeness (QED) is 0.445. The second-order valence-corrected chi connectivity index (χ2v) is 6.08. The minimum absolute atomic E-state index is 0.0622. The van der Waals surface area contributed by atoms with E-state index < -0.39 is 0 Å². The average molecular weight is 313 g/mol. The summed E-state index contributed by atoms with van der Waals surface area (Å²) in [5.41, 5.74) is 2.16. The van der Waals surface area contributed by atoms with Crippen molar-refractivity contribution >= 4 is 39.7 Å². The number of carbonyl (C=O) groups excluding carboxylic acids is 1. The van der Waals surface area contributed by atoms with E-state index in [1.54, 1.807) is 6.08 Å². The Balaban J connectivity index is 1.94. The zero-order valence-electron chi connectivity index (χ0n) is 12.1. The van der Waals surface area contributed by atoms with E-state index in [2.05, 4.69) is 21.9 Å². The number of aromatic nitrogens is 2. The molecule has 0 aliphatic rings. The van der Waals surface area contributed by atoms with Crippen LogP contribution < -0.4 is 5.32 Å². The van der Waals surface area contributed by atoms with Crippen LogP contribution in [-0.4, -0.2) is 27.7 Å². The Morgan fingerprint density at radius 2 is 2.27 bits per heavy atom. The lowest BCUT2D eigenvalue weighted by atomic mass is 10.2. The van der Waals surface area contributed by atoms with Crippen molar-refractivity contribution in [3.05, 3.63) is 43.2 Å². The Kier molecular flexibility index (Phi) is 4.11. The number of amides is 1. The number of para-hydroxylation sites is 1. The van der Waals surface area contributed by atoms with Gasteiger partial charge < -0.3 is 9.73 Å². The molecule has 3 aromatic rings. The van der Waals surface area contributed by atoms with Crippen LogP contribution in [0.3, 0.4) is 0 Å². The van der Waals surface area contributed by atoms with Crippen LogP contribution in [0, 0.1) is 0 Å². The molecule has 112 valence electrons. The Bertz CT molecular complexity index is 844. The summed E-state index contributed by atoms with van der Waals surface area (Å²) in [5.74, 6) is -0.0622. The van der Waals surface area contributed by atoms with E-state index in [1.165, 1.54) is 18.1 Å². The van der Waals surface area contributed by atoms with Gasteiger partial charge in [-0.05, 0) is 19.1 Å². The molecule has 1 N–H and O–H groups in total. The first-order chi connectivity index (χ1) is 10.7. The molecule has 0 aliphatic carbocycles. The fourth-order valence-electron chi connectivity index (χ4n) is 2.12. The second kappa shape index (κ2) is 6.19. The van der Waals surface area contributed by atoms with Gasteiger partial charge in [0.05, 0.1) is 5.25 Å². The Morgan fingerprint density at radius 1 is 1.45 bits per heavy atom. The van der Waals surface area contributed by atoms with E-state index in [0.717, 1.165) is 16.5 Å². The van der Waals surface area contributed by atoms with Crippen LogP contribution >= 0.6 is 11.8 Å². The topological polar surface area (TPSA) is 68.0 Å². The zero-order valence-corrected chi connectivity index (χ0v) is 12.9. The first kappa shape index (κ1) is 14.6. The molecule has 0 aliphatic heterocycles. The normalized spacial score (nSPS) is 12.4. The second-order valence-electron chi connectivity index (χ2n) is 4.75. The van der Waals surface area contributed by atoms with Crippen LogP contribution in [-0.2, 0) is 4.79 Å². The number of carbonyl (C=O) groups is 1. The molecule has 0 fully saturated rings. The van der Waals surface area contributed by atoms with E-state index in [0.29, 0.717) is 17.2 Å². The molecule has 1 atom stereocenters. The van der Waals surface area contributed by atoms with Crippen LogP contribution in [0.2, 0.25) is 0 Å². The number of hydrogen-bond donors (Lipinski definition) is 1. The van der Waals surface area contributed by atoms with Gasteiger partial charge in [-0.3, -0.25) is 4.79 Å². The molecule has 0 spiro atoms. The van der Waals surface area contributed by atoms with Crippen LogP contribution in [0.15, 0.2) is 52.7 Å². The lowest BCUT2D eigenvalue weighted by Crippen LogP contribution is -2.30. The number of furan rings is 1. The number of hydrogen-bond acceptors (Lipinski definition) is 5. The van der Waals surface area contributed by atoms with Crippen molar-refractivity contribution in [2.24, 2.45) is 0 Å². The zero-order chi connectivity index (χ0) is 15.5. The average Bonchev–Trinajstić information content (AvgIpc) is 2.92. The summed E-state index contributed by atoms with van der Waals surface area (Å²) in [4.78, 5) is 20.5. The van der Waals surface area contributed by atoms with Gasteiger partial charge in [0.15, 0.2) is 5.58 Å². The van der Waals surface area contributed by atoms with Crippen molar-refractivity contribution in [3.8, 4) is 0 Å². The lowest BCUT2D eigenvalue weighted by molar-refractivity contribution is -0.120. The van der Waals surface area contributed by atoms with Crippen molar-refractivity contribution in [2.45, 2.75) is 17.2 Å². The molecule has 2 heterocycles. The number of nitrogens with zero attached hydrogens (tertiary/aromatic N) is 2. The number of thioether (sulfide) groups is 1. The highest BCUT2D eigenvalue weighted by Gasteiger charge is 2.19. The van der Waals surface area contributed by atoms with Gasteiger partial charge in [-0.1, -0.05) is 30.0 Å². The highest BCUT2D eigenvalue weighted by Crippen LogP contribution is 2.33. The molecule has 0 bridgehead atoms. The van der Waals surface area contributed by atoms with Gasteiger partial charge in [0.1, 0.15) is 22.5 Å². The van der Waals surface area contributed by atoms with Gasteiger partial charge in [0, 0.05) is 11.9 Å². The fourth-order valence-corrected chi connectivity index (χ4v) is 3.00. The number of benzene rings is 1. The van der Waals surface area contributed by atoms with Gasteiger partial charge in [0.25, 0.3) is 0 Å². The molecule has 0 saturated heterocycles. The van der Waals surface area contributed by atoms with Crippen molar-refractivity contribution in [3.63, 3.8) is 0 Å². The van der Waals surface area contributed by atoms with Crippen LogP contribution in [0.1, 0.15) is 6.92 Å². The smallest absolute Gasteiger partial charge is 0.233 e. The van der Waals surface area contributed by atoms with Gasteiger partial charge in [-0.15, -0.1) is 6.58 Å². The number of rotatable bonds is 5. The molecule has 5 nitrogen and oxygen atoms in total. The third-order valence-electron chi connectivity index (χ3n) is 3.20. The maximum atomic E-state index is 12.0. The molecule has 0 radical (unpaired) electrons. The van der Waals surface area contributed by atoms with Gasteiger partial charge in [-0.25, -0.2) is 9.97 Å². The molecule has 1 amide bonds.